The predicted octanol–water partition coefficient (Wildman–Crippen LogP) is 2.12. The molecular weight excluding hydrogens is 394 g/mol. The summed E-state index contributed by atoms with van der Waals surface area (Å²) in [5.41, 5.74) is 0.0187. The fourth-order valence-corrected chi connectivity index (χ4v) is 3.15. The molecule has 0 aliphatic rings. The van der Waals surface area contributed by atoms with Crippen LogP contribution in [0.25, 0.3) is 4.96 Å². The molecule has 10 heteroatoms. The zero-order valence-corrected chi connectivity index (χ0v) is 16.0. The van der Waals surface area contributed by atoms with Gasteiger partial charge in [-0.05, 0) is 24.3 Å². The third-order valence-corrected chi connectivity index (χ3v) is 4.63. The van der Waals surface area contributed by atoms with E-state index in [1.165, 1.54) is 21.9 Å². The molecule has 3 rings (SSSR count). The average molecular weight is 410 g/mol. The third kappa shape index (κ3) is 5.25. The molecule has 0 fully saturated rings. The molecular formula is C17H16ClN3O5S. The summed E-state index contributed by atoms with van der Waals surface area (Å²) in [5, 5.41) is 5.52. The van der Waals surface area contributed by atoms with Crippen LogP contribution in [0.1, 0.15) is 10.7 Å². The van der Waals surface area contributed by atoms with E-state index in [2.05, 4.69) is 10.1 Å². The summed E-state index contributed by atoms with van der Waals surface area (Å²) >= 11 is 7.07. The van der Waals surface area contributed by atoms with Gasteiger partial charge >= 0.3 is 5.97 Å². The smallest absolute Gasteiger partial charge is 0.344 e. The number of methoxy groups -OCH3 is 1. The number of ether oxygens (including phenoxy) is 3. The number of benzene rings is 1. The van der Waals surface area contributed by atoms with E-state index in [0.717, 1.165) is 5.01 Å². The van der Waals surface area contributed by atoms with Crippen LogP contribution < -0.4 is 10.3 Å². The number of nitrogens with zero attached hydrogens (tertiary/aromatic N) is 3. The van der Waals surface area contributed by atoms with Gasteiger partial charge in [0.1, 0.15) is 17.4 Å². The number of fused-ring (bicyclic) bond motifs is 1. The fourth-order valence-electron chi connectivity index (χ4n) is 2.13. The molecule has 0 bridgehead atoms. The maximum atomic E-state index is 12.1. The summed E-state index contributed by atoms with van der Waals surface area (Å²) in [5.74, 6) is -0.0700. The molecule has 8 nitrogen and oxygen atoms in total. The summed E-state index contributed by atoms with van der Waals surface area (Å²) in [6, 6.07) is 7.91. The van der Waals surface area contributed by atoms with E-state index in [4.69, 9.17) is 25.8 Å². The van der Waals surface area contributed by atoms with E-state index in [1.54, 1.807) is 31.4 Å². The van der Waals surface area contributed by atoms with Crippen molar-refractivity contribution in [1.29, 1.82) is 0 Å². The number of esters is 1. The molecule has 0 unspecified atom stereocenters. The van der Waals surface area contributed by atoms with Crippen molar-refractivity contribution in [3.63, 3.8) is 0 Å². The number of hydrogen-bond acceptors (Lipinski definition) is 8. The van der Waals surface area contributed by atoms with Crippen LogP contribution in [0.3, 0.4) is 0 Å². The number of aromatic nitrogens is 3. The maximum absolute atomic E-state index is 12.1. The summed E-state index contributed by atoms with van der Waals surface area (Å²) < 4.78 is 16.7. The lowest BCUT2D eigenvalue weighted by atomic mass is 10.3. The highest BCUT2D eigenvalue weighted by Gasteiger charge is 2.11. The summed E-state index contributed by atoms with van der Waals surface area (Å²) in [6.07, 6.45) is 0.594. The SMILES string of the molecule is COCCc1nn2c(=O)cc(COC(=O)COc3ccc(Cl)cc3)nc2s1. The van der Waals surface area contributed by atoms with Gasteiger partial charge in [-0.25, -0.2) is 9.78 Å². The fraction of sp³-hybridized carbons (Fsp3) is 0.294. The van der Waals surface area contributed by atoms with E-state index in [0.29, 0.717) is 34.5 Å². The quantitative estimate of drug-likeness (QED) is 0.526. The second kappa shape index (κ2) is 8.94. The molecule has 0 aliphatic heterocycles. The lowest BCUT2D eigenvalue weighted by molar-refractivity contribution is -0.147. The Morgan fingerprint density at radius 2 is 2.07 bits per heavy atom. The molecule has 2 heterocycles. The Balaban J connectivity index is 1.58. The van der Waals surface area contributed by atoms with Gasteiger partial charge in [-0.3, -0.25) is 4.79 Å². The van der Waals surface area contributed by atoms with Gasteiger partial charge < -0.3 is 14.2 Å². The molecule has 0 amide bonds. The minimum atomic E-state index is -0.572. The predicted molar refractivity (Wildman–Crippen MR) is 99.5 cm³/mol. The molecule has 0 radical (unpaired) electrons. The Kier molecular flexibility index (Phi) is 6.38. The van der Waals surface area contributed by atoms with Gasteiger partial charge in [0.05, 0.1) is 12.3 Å². The molecule has 0 atom stereocenters. The first-order chi connectivity index (χ1) is 13.0. The van der Waals surface area contributed by atoms with E-state index in [-0.39, 0.29) is 18.8 Å². The average Bonchev–Trinajstić information content (AvgIpc) is 3.08. The lowest BCUT2D eigenvalue weighted by Crippen LogP contribution is -2.18. The van der Waals surface area contributed by atoms with E-state index in [1.807, 2.05) is 0 Å². The van der Waals surface area contributed by atoms with Gasteiger partial charge in [-0.2, -0.15) is 9.61 Å². The highest BCUT2D eigenvalue weighted by Crippen LogP contribution is 2.15. The number of halogens is 1. The van der Waals surface area contributed by atoms with Crippen LogP contribution in [-0.4, -0.2) is 40.9 Å². The third-order valence-electron chi connectivity index (χ3n) is 3.41. The second-order valence-electron chi connectivity index (χ2n) is 5.42. The van der Waals surface area contributed by atoms with Gasteiger partial charge in [-0.1, -0.05) is 22.9 Å². The number of carbonyl (C=O) groups is 1. The van der Waals surface area contributed by atoms with E-state index in [9.17, 15) is 9.59 Å². The first-order valence-electron chi connectivity index (χ1n) is 7.97. The Labute approximate surface area is 163 Å². The first-order valence-corrected chi connectivity index (χ1v) is 9.16. The molecule has 0 aliphatic carbocycles. The Hall–Kier alpha value is -2.49. The Bertz CT molecular complexity index is 986. The largest absolute Gasteiger partial charge is 0.482 e. The van der Waals surface area contributed by atoms with Gasteiger partial charge in [0.2, 0.25) is 4.96 Å². The highest BCUT2D eigenvalue weighted by molar-refractivity contribution is 7.16. The van der Waals surface area contributed by atoms with Crippen LogP contribution in [0, 0.1) is 0 Å². The van der Waals surface area contributed by atoms with Crippen LogP contribution in [-0.2, 0) is 27.3 Å². The van der Waals surface area contributed by atoms with Crippen molar-refractivity contribution >= 4 is 33.9 Å². The van der Waals surface area contributed by atoms with Crippen molar-refractivity contribution in [1.82, 2.24) is 14.6 Å². The lowest BCUT2D eigenvalue weighted by Gasteiger charge is -2.06. The molecule has 0 saturated carbocycles. The zero-order chi connectivity index (χ0) is 19.2. The maximum Gasteiger partial charge on any atom is 0.344 e. The normalized spacial score (nSPS) is 10.9. The topological polar surface area (TPSA) is 92.0 Å². The molecule has 3 aromatic rings. The van der Waals surface area contributed by atoms with Crippen molar-refractivity contribution in [3.8, 4) is 5.75 Å². The Morgan fingerprint density at radius 1 is 1.30 bits per heavy atom. The summed E-state index contributed by atoms with van der Waals surface area (Å²) in [7, 11) is 1.60. The first kappa shape index (κ1) is 19.3. The van der Waals surface area contributed by atoms with Gasteiger partial charge in [0, 0.05) is 24.6 Å². The monoisotopic (exact) mass is 409 g/mol. The highest BCUT2D eigenvalue weighted by atomic mass is 35.5. The van der Waals surface area contributed by atoms with Crippen LogP contribution in [0.2, 0.25) is 5.02 Å². The number of hydrogen-bond donors (Lipinski definition) is 0. The van der Waals surface area contributed by atoms with Crippen molar-refractivity contribution in [2.45, 2.75) is 13.0 Å². The molecule has 0 N–H and O–H groups in total. The van der Waals surface area contributed by atoms with Crippen molar-refractivity contribution in [2.24, 2.45) is 0 Å². The van der Waals surface area contributed by atoms with Gasteiger partial charge in [-0.15, -0.1) is 0 Å². The van der Waals surface area contributed by atoms with Crippen molar-refractivity contribution in [3.05, 3.63) is 56.4 Å². The zero-order valence-electron chi connectivity index (χ0n) is 14.4. The van der Waals surface area contributed by atoms with E-state index < -0.39 is 5.97 Å². The molecule has 0 spiro atoms. The van der Waals surface area contributed by atoms with Gasteiger partial charge in [0.15, 0.2) is 6.61 Å². The van der Waals surface area contributed by atoms with Crippen molar-refractivity contribution < 1.29 is 19.0 Å². The van der Waals surface area contributed by atoms with Crippen LogP contribution in [0.15, 0.2) is 35.1 Å². The summed E-state index contributed by atoms with van der Waals surface area (Å²) in [4.78, 5) is 28.7. The number of rotatable bonds is 8. The molecule has 2 aromatic heterocycles. The Morgan fingerprint density at radius 3 is 2.81 bits per heavy atom. The second-order valence-corrected chi connectivity index (χ2v) is 6.90. The standard InChI is InChI=1S/C17H16ClN3O5S/c1-24-7-6-14-20-21-15(22)8-12(19-17(21)27-14)9-26-16(23)10-25-13-4-2-11(18)3-5-13/h2-5,8H,6-7,9-10H2,1H3. The van der Waals surface area contributed by atoms with Crippen molar-refractivity contribution in [2.75, 3.05) is 20.3 Å². The molecule has 0 saturated heterocycles. The van der Waals surface area contributed by atoms with Gasteiger partial charge in [0.25, 0.3) is 5.56 Å². The van der Waals surface area contributed by atoms with E-state index >= 15 is 0 Å². The van der Waals surface area contributed by atoms with Crippen LogP contribution in [0.4, 0.5) is 0 Å². The molecule has 27 heavy (non-hydrogen) atoms. The molecule has 1 aromatic carbocycles. The van der Waals surface area contributed by atoms with Crippen LogP contribution in [0.5, 0.6) is 5.75 Å². The number of carbonyl (C=O) groups excluding carboxylic acids is 1. The van der Waals surface area contributed by atoms with Crippen LogP contribution >= 0.6 is 22.9 Å². The summed E-state index contributed by atoms with van der Waals surface area (Å²) in [6.45, 7) is 0.122. The molecule has 142 valence electrons. The minimum absolute atomic E-state index is 0.125. The minimum Gasteiger partial charge on any atom is -0.482 e.